The number of fused-ring (bicyclic) bond motifs is 1. The molecule has 186 valence electrons. The highest BCUT2D eigenvalue weighted by Gasteiger charge is 2.31. The Labute approximate surface area is 213 Å². The summed E-state index contributed by atoms with van der Waals surface area (Å²) in [5.41, 5.74) is 5.07. The number of benzene rings is 3. The van der Waals surface area contributed by atoms with E-state index in [1.807, 2.05) is 29.0 Å². The smallest absolute Gasteiger partial charge is 0.265 e. The SMILES string of the molecule is NC1CN(C(=O)c2cc(Cl)c(O)c(S(=O)(=O)Nc3cc(-c4cc5ccccc5s4)c(F)cc3F)c2)C1. The zero-order valence-corrected chi connectivity index (χ0v) is 20.7. The lowest BCUT2D eigenvalue weighted by Gasteiger charge is -2.37. The van der Waals surface area contributed by atoms with Gasteiger partial charge in [0.1, 0.15) is 16.5 Å². The van der Waals surface area contributed by atoms with Gasteiger partial charge in [-0.1, -0.05) is 29.8 Å². The maximum Gasteiger partial charge on any atom is 0.265 e. The summed E-state index contributed by atoms with van der Waals surface area (Å²) in [5.74, 6) is -3.36. The number of phenols is 1. The first kappa shape index (κ1) is 24.4. The molecular weight excluding hydrogens is 532 g/mol. The van der Waals surface area contributed by atoms with Crippen LogP contribution in [0.25, 0.3) is 20.5 Å². The molecule has 4 aromatic rings. The lowest BCUT2D eigenvalue weighted by molar-refractivity contribution is 0.0608. The fraction of sp³-hybridized carbons (Fsp3) is 0.125. The van der Waals surface area contributed by atoms with Gasteiger partial charge < -0.3 is 15.7 Å². The number of thiophene rings is 1. The molecule has 0 aliphatic carbocycles. The van der Waals surface area contributed by atoms with Gasteiger partial charge >= 0.3 is 0 Å². The zero-order chi connectivity index (χ0) is 25.8. The number of nitrogens with two attached hydrogens (primary N) is 1. The number of carbonyl (C=O) groups excluding carboxylic acids is 1. The zero-order valence-electron chi connectivity index (χ0n) is 18.3. The van der Waals surface area contributed by atoms with E-state index in [2.05, 4.69) is 0 Å². The molecule has 0 bridgehead atoms. The number of anilines is 1. The monoisotopic (exact) mass is 549 g/mol. The summed E-state index contributed by atoms with van der Waals surface area (Å²) in [7, 11) is -4.65. The first-order valence-corrected chi connectivity index (χ1v) is 13.3. The minimum absolute atomic E-state index is 0.00407. The molecule has 36 heavy (non-hydrogen) atoms. The van der Waals surface area contributed by atoms with E-state index in [-0.39, 0.29) is 22.2 Å². The van der Waals surface area contributed by atoms with Gasteiger partial charge in [0.15, 0.2) is 5.75 Å². The van der Waals surface area contributed by atoms with E-state index in [0.717, 1.165) is 28.3 Å². The number of nitrogens with one attached hydrogen (secondary N) is 1. The topological polar surface area (TPSA) is 113 Å². The summed E-state index contributed by atoms with van der Waals surface area (Å²) >= 11 is 7.27. The van der Waals surface area contributed by atoms with Gasteiger partial charge in [0.25, 0.3) is 15.9 Å². The summed E-state index contributed by atoms with van der Waals surface area (Å²) in [6.45, 7) is 0.581. The van der Waals surface area contributed by atoms with Gasteiger partial charge in [0.2, 0.25) is 0 Å². The minimum Gasteiger partial charge on any atom is -0.505 e. The predicted molar refractivity (Wildman–Crippen MR) is 135 cm³/mol. The highest BCUT2D eigenvalue weighted by atomic mass is 35.5. The molecule has 1 saturated heterocycles. The molecule has 0 spiro atoms. The average Bonchev–Trinajstić information content (AvgIpc) is 3.23. The van der Waals surface area contributed by atoms with Crippen molar-refractivity contribution in [1.82, 2.24) is 4.90 Å². The number of amides is 1. The number of aromatic hydroxyl groups is 1. The fourth-order valence-corrected chi connectivity index (χ4v) is 6.45. The second-order valence-corrected chi connectivity index (χ2v) is 11.5. The number of phenolic OH excluding ortho intramolecular Hbond substituents is 1. The van der Waals surface area contributed by atoms with Gasteiger partial charge in [-0.05, 0) is 35.7 Å². The lowest BCUT2D eigenvalue weighted by atomic mass is 10.1. The highest BCUT2D eigenvalue weighted by Crippen LogP contribution is 2.38. The van der Waals surface area contributed by atoms with E-state index in [9.17, 15) is 27.1 Å². The van der Waals surface area contributed by atoms with Crippen molar-refractivity contribution < 1.29 is 27.1 Å². The molecule has 1 aromatic heterocycles. The van der Waals surface area contributed by atoms with Crippen molar-refractivity contribution >= 4 is 54.6 Å². The van der Waals surface area contributed by atoms with Crippen LogP contribution in [0, 0.1) is 11.6 Å². The third-order valence-corrected chi connectivity index (χ3v) is 8.57. The van der Waals surface area contributed by atoms with E-state index in [4.69, 9.17) is 17.3 Å². The van der Waals surface area contributed by atoms with E-state index in [1.165, 1.54) is 16.2 Å². The molecule has 0 radical (unpaired) electrons. The van der Waals surface area contributed by atoms with Crippen LogP contribution < -0.4 is 10.5 Å². The van der Waals surface area contributed by atoms with Crippen molar-refractivity contribution in [2.45, 2.75) is 10.9 Å². The summed E-state index contributed by atoms with van der Waals surface area (Å²) in [4.78, 5) is 13.8. The van der Waals surface area contributed by atoms with Crippen molar-refractivity contribution in [3.8, 4) is 16.2 Å². The number of hydrogen-bond donors (Lipinski definition) is 3. The quantitative estimate of drug-likeness (QED) is 0.331. The minimum atomic E-state index is -4.65. The summed E-state index contributed by atoms with van der Waals surface area (Å²) < 4.78 is 58.6. The Kier molecular flexibility index (Phi) is 6.11. The van der Waals surface area contributed by atoms with Crippen LogP contribution in [0.3, 0.4) is 0 Å². The fourth-order valence-electron chi connectivity index (χ4n) is 3.89. The largest absolute Gasteiger partial charge is 0.505 e. The van der Waals surface area contributed by atoms with Crippen molar-refractivity contribution in [3.63, 3.8) is 0 Å². The Hall–Kier alpha value is -3.25. The van der Waals surface area contributed by atoms with Crippen LogP contribution in [0.4, 0.5) is 14.5 Å². The molecule has 1 aliphatic heterocycles. The Balaban J connectivity index is 1.52. The van der Waals surface area contributed by atoms with E-state index in [1.54, 1.807) is 6.07 Å². The second kappa shape index (κ2) is 9.00. The molecule has 3 aromatic carbocycles. The second-order valence-electron chi connectivity index (χ2n) is 8.34. The molecule has 2 heterocycles. The number of likely N-dealkylation sites (tertiary alicyclic amines) is 1. The summed E-state index contributed by atoms with van der Waals surface area (Å²) in [6, 6.07) is 12.6. The number of nitrogens with zero attached hydrogens (tertiary/aromatic N) is 1. The van der Waals surface area contributed by atoms with Crippen molar-refractivity contribution in [3.05, 3.63) is 76.8 Å². The number of sulfonamides is 1. The number of hydrogen-bond acceptors (Lipinski definition) is 6. The maximum absolute atomic E-state index is 14.7. The molecule has 1 aliphatic rings. The average molecular weight is 550 g/mol. The van der Waals surface area contributed by atoms with E-state index >= 15 is 0 Å². The third kappa shape index (κ3) is 4.39. The molecule has 1 fully saturated rings. The molecule has 0 atom stereocenters. The van der Waals surface area contributed by atoms with Gasteiger partial charge in [-0.3, -0.25) is 9.52 Å². The summed E-state index contributed by atoms with van der Waals surface area (Å²) in [6.07, 6.45) is 0. The standard InChI is InChI=1S/C24H18ClF2N3O4S2/c25-16-5-13(24(32)30-10-14(28)11-30)7-22(23(16)31)36(33,34)29-19-8-15(17(26)9-18(19)27)21-6-12-3-1-2-4-20(12)35-21/h1-9,14,29,31H,10-11,28H2. The van der Waals surface area contributed by atoms with Crippen molar-refractivity contribution in [1.29, 1.82) is 0 Å². The van der Waals surface area contributed by atoms with Gasteiger partial charge in [0, 0.05) is 45.9 Å². The first-order chi connectivity index (χ1) is 17.0. The van der Waals surface area contributed by atoms with Crippen LogP contribution >= 0.6 is 22.9 Å². The normalized spacial score (nSPS) is 14.2. The van der Waals surface area contributed by atoms with Crippen LogP contribution in [-0.4, -0.2) is 43.5 Å². The molecule has 7 nitrogen and oxygen atoms in total. The van der Waals surface area contributed by atoms with Crippen LogP contribution in [-0.2, 0) is 10.0 Å². The van der Waals surface area contributed by atoms with Crippen LogP contribution in [0.15, 0.2) is 59.5 Å². The molecular formula is C24H18ClF2N3O4S2. The molecule has 4 N–H and O–H groups in total. The first-order valence-electron chi connectivity index (χ1n) is 10.6. The van der Waals surface area contributed by atoms with Crippen LogP contribution in [0.2, 0.25) is 5.02 Å². The van der Waals surface area contributed by atoms with Crippen molar-refractivity contribution in [2.24, 2.45) is 5.73 Å². The van der Waals surface area contributed by atoms with E-state index in [0.29, 0.717) is 24.0 Å². The van der Waals surface area contributed by atoms with Crippen LogP contribution in [0.5, 0.6) is 5.75 Å². The Morgan fingerprint density at radius 1 is 1.11 bits per heavy atom. The number of halogens is 3. The van der Waals surface area contributed by atoms with Crippen molar-refractivity contribution in [2.75, 3.05) is 17.8 Å². The highest BCUT2D eigenvalue weighted by molar-refractivity contribution is 7.92. The van der Waals surface area contributed by atoms with Gasteiger partial charge in [0.05, 0.1) is 10.7 Å². The predicted octanol–water partition coefficient (Wildman–Crippen LogP) is 4.79. The summed E-state index contributed by atoms with van der Waals surface area (Å²) in [5, 5.41) is 10.8. The Bertz CT molecular complexity index is 1600. The Morgan fingerprint density at radius 2 is 1.83 bits per heavy atom. The molecule has 0 unspecified atom stereocenters. The molecule has 1 amide bonds. The lowest BCUT2D eigenvalue weighted by Crippen LogP contribution is -2.57. The van der Waals surface area contributed by atoms with Crippen LogP contribution in [0.1, 0.15) is 10.4 Å². The van der Waals surface area contributed by atoms with Gasteiger partial charge in [-0.2, -0.15) is 0 Å². The van der Waals surface area contributed by atoms with Gasteiger partial charge in [-0.15, -0.1) is 11.3 Å². The Morgan fingerprint density at radius 3 is 2.53 bits per heavy atom. The van der Waals surface area contributed by atoms with E-state index < -0.39 is 43.9 Å². The molecule has 5 rings (SSSR count). The molecule has 12 heteroatoms. The molecule has 0 saturated carbocycles. The third-order valence-electron chi connectivity index (χ3n) is 5.75. The van der Waals surface area contributed by atoms with Gasteiger partial charge in [-0.25, -0.2) is 17.2 Å². The maximum atomic E-state index is 14.7. The number of carbonyl (C=O) groups is 1. The number of rotatable bonds is 5.